The van der Waals surface area contributed by atoms with Crippen LogP contribution in [0.2, 0.25) is 0 Å². The predicted molar refractivity (Wildman–Crippen MR) is 129 cm³/mol. The molecule has 0 aromatic carbocycles. The lowest BCUT2D eigenvalue weighted by Gasteiger charge is -2.30. The Labute approximate surface area is 202 Å². The average Bonchev–Trinajstić information content (AvgIpc) is 3.44. The van der Waals surface area contributed by atoms with Crippen LogP contribution >= 0.6 is 11.8 Å². The highest BCUT2D eigenvalue weighted by Crippen LogP contribution is 2.37. The first-order valence-electron chi connectivity index (χ1n) is 11.6. The zero-order valence-corrected chi connectivity index (χ0v) is 20.0. The summed E-state index contributed by atoms with van der Waals surface area (Å²) in [7, 11) is 0. The first kappa shape index (κ1) is 22.6. The first-order valence-corrected chi connectivity index (χ1v) is 12.4. The van der Waals surface area contributed by atoms with E-state index in [-0.39, 0.29) is 5.03 Å². The van der Waals surface area contributed by atoms with Crippen molar-refractivity contribution in [2.45, 2.75) is 61.5 Å². The van der Waals surface area contributed by atoms with Crippen LogP contribution in [0.15, 0.2) is 52.9 Å². The van der Waals surface area contributed by atoms with Gasteiger partial charge in [0, 0.05) is 40.2 Å². The molecular formula is C25H26FN7S. The minimum absolute atomic E-state index is 0.261. The second-order valence-corrected chi connectivity index (χ2v) is 9.63. The van der Waals surface area contributed by atoms with Crippen molar-refractivity contribution in [1.82, 2.24) is 29.7 Å². The van der Waals surface area contributed by atoms with Crippen LogP contribution in [0, 0.1) is 24.1 Å². The van der Waals surface area contributed by atoms with Crippen LogP contribution in [0.3, 0.4) is 0 Å². The van der Waals surface area contributed by atoms with Gasteiger partial charge >= 0.3 is 0 Å². The van der Waals surface area contributed by atoms with Crippen LogP contribution < -0.4 is 5.32 Å². The third-order valence-corrected chi connectivity index (χ3v) is 7.54. The van der Waals surface area contributed by atoms with Gasteiger partial charge in [0.2, 0.25) is 0 Å². The summed E-state index contributed by atoms with van der Waals surface area (Å²) in [6.45, 7) is 5.26. The van der Waals surface area contributed by atoms with E-state index in [1.54, 1.807) is 16.8 Å². The standard InChI is InChI=1S/C25H26FN7S/c1-3-28-19-6-8-20(9-7-19)33-16(2)21(14-31-33)17-11-23(34-25-22(26)5-4-10-29-25)24-18(12-27)13-30-32(24)15-17/h4-5,10-11,13-15,19-20,28H,3,6-9H2,1-2H3/t19-,20+. The quantitative estimate of drug-likeness (QED) is 0.415. The van der Waals surface area contributed by atoms with Gasteiger partial charge in [-0.2, -0.15) is 15.5 Å². The fraction of sp³-hybridized carbons (Fsp3) is 0.360. The largest absolute Gasteiger partial charge is 0.314 e. The van der Waals surface area contributed by atoms with Gasteiger partial charge in [0.05, 0.1) is 29.5 Å². The van der Waals surface area contributed by atoms with Gasteiger partial charge in [-0.1, -0.05) is 18.7 Å². The van der Waals surface area contributed by atoms with Crippen LogP contribution in [-0.2, 0) is 0 Å². The Balaban J connectivity index is 1.51. The molecule has 1 aliphatic carbocycles. The van der Waals surface area contributed by atoms with E-state index in [1.165, 1.54) is 24.0 Å². The van der Waals surface area contributed by atoms with Crippen molar-refractivity contribution >= 4 is 17.3 Å². The van der Waals surface area contributed by atoms with Crippen molar-refractivity contribution in [1.29, 1.82) is 5.26 Å². The van der Waals surface area contributed by atoms with Crippen molar-refractivity contribution < 1.29 is 4.39 Å². The molecule has 0 amide bonds. The molecule has 0 atom stereocenters. The van der Waals surface area contributed by atoms with E-state index < -0.39 is 5.82 Å². The van der Waals surface area contributed by atoms with E-state index in [2.05, 4.69) is 40.0 Å². The van der Waals surface area contributed by atoms with Gasteiger partial charge in [-0.05, 0) is 57.4 Å². The predicted octanol–water partition coefficient (Wildman–Crippen LogP) is 5.16. The summed E-state index contributed by atoms with van der Waals surface area (Å²) in [5, 5.41) is 22.5. The number of nitriles is 1. The SMILES string of the molecule is CCN[C@H]1CC[C@@H](n2ncc(-c3cc(Sc4ncccc4F)c4c(C#N)cnn4c3)c2C)CC1. The molecule has 0 radical (unpaired) electrons. The molecule has 1 saturated carbocycles. The molecule has 1 aliphatic rings. The van der Waals surface area contributed by atoms with E-state index in [9.17, 15) is 9.65 Å². The molecule has 0 unspecified atom stereocenters. The lowest BCUT2D eigenvalue weighted by molar-refractivity contribution is 0.276. The zero-order chi connectivity index (χ0) is 23.7. The molecule has 4 heterocycles. The average molecular weight is 476 g/mol. The monoisotopic (exact) mass is 475 g/mol. The third kappa shape index (κ3) is 4.19. The van der Waals surface area contributed by atoms with Gasteiger partial charge in [-0.15, -0.1) is 0 Å². The number of hydrogen-bond acceptors (Lipinski definition) is 6. The van der Waals surface area contributed by atoms with Gasteiger partial charge in [-0.3, -0.25) is 4.68 Å². The lowest BCUT2D eigenvalue weighted by atomic mass is 9.91. The first-order chi connectivity index (χ1) is 16.6. The highest BCUT2D eigenvalue weighted by Gasteiger charge is 2.25. The molecule has 4 aromatic rings. The molecule has 174 valence electrons. The van der Waals surface area contributed by atoms with Crippen molar-refractivity contribution in [2.24, 2.45) is 0 Å². The maximum atomic E-state index is 14.4. The topological polar surface area (TPSA) is 83.8 Å². The lowest BCUT2D eigenvalue weighted by Crippen LogP contribution is -2.33. The summed E-state index contributed by atoms with van der Waals surface area (Å²) in [5.74, 6) is -0.397. The molecule has 5 rings (SSSR count). The third-order valence-electron chi connectivity index (χ3n) is 6.52. The highest BCUT2D eigenvalue weighted by molar-refractivity contribution is 7.99. The summed E-state index contributed by atoms with van der Waals surface area (Å²) < 4.78 is 18.2. The number of hydrogen-bond donors (Lipinski definition) is 1. The Morgan fingerprint density at radius 2 is 2.06 bits per heavy atom. The van der Waals surface area contributed by atoms with Gasteiger partial charge < -0.3 is 5.32 Å². The number of fused-ring (bicyclic) bond motifs is 1. The number of rotatable bonds is 6. The molecule has 4 aromatic heterocycles. The Morgan fingerprint density at radius 1 is 1.24 bits per heavy atom. The van der Waals surface area contributed by atoms with Crippen LogP contribution in [0.4, 0.5) is 4.39 Å². The van der Waals surface area contributed by atoms with Crippen molar-refractivity contribution in [3.8, 4) is 17.2 Å². The number of pyridine rings is 2. The number of nitrogens with one attached hydrogen (secondary N) is 1. The summed E-state index contributed by atoms with van der Waals surface area (Å²) in [5.41, 5.74) is 4.11. The number of nitrogens with zero attached hydrogens (tertiary/aromatic N) is 6. The maximum Gasteiger partial charge on any atom is 0.155 e. The Bertz CT molecular complexity index is 1360. The Morgan fingerprint density at radius 3 is 2.79 bits per heavy atom. The normalized spacial score (nSPS) is 18.3. The zero-order valence-electron chi connectivity index (χ0n) is 19.2. The second-order valence-electron chi connectivity index (χ2n) is 8.60. The minimum atomic E-state index is -0.397. The molecule has 0 spiro atoms. The van der Waals surface area contributed by atoms with Crippen LogP contribution in [0.25, 0.3) is 16.6 Å². The van der Waals surface area contributed by atoms with Crippen LogP contribution in [0.5, 0.6) is 0 Å². The minimum Gasteiger partial charge on any atom is -0.314 e. The summed E-state index contributed by atoms with van der Waals surface area (Å²) in [6, 6.07) is 8.10. The van der Waals surface area contributed by atoms with Gasteiger partial charge in [0.1, 0.15) is 11.1 Å². The summed E-state index contributed by atoms with van der Waals surface area (Å²) in [6.07, 6.45) is 11.4. The maximum absolute atomic E-state index is 14.4. The van der Waals surface area contributed by atoms with E-state index in [0.717, 1.165) is 53.9 Å². The van der Waals surface area contributed by atoms with E-state index in [4.69, 9.17) is 5.10 Å². The molecular weight excluding hydrogens is 449 g/mol. The fourth-order valence-corrected chi connectivity index (χ4v) is 5.80. The van der Waals surface area contributed by atoms with Gasteiger partial charge in [0.15, 0.2) is 5.82 Å². The fourth-order valence-electron chi connectivity index (χ4n) is 4.83. The smallest absolute Gasteiger partial charge is 0.155 e. The van der Waals surface area contributed by atoms with Crippen molar-refractivity contribution in [3.05, 3.63) is 60.1 Å². The molecule has 0 bridgehead atoms. The van der Waals surface area contributed by atoms with Crippen LogP contribution in [0.1, 0.15) is 49.9 Å². The number of halogens is 1. The molecule has 0 aliphatic heterocycles. The van der Waals surface area contributed by atoms with E-state index in [1.807, 2.05) is 18.5 Å². The Hall–Kier alpha value is -3.22. The summed E-state index contributed by atoms with van der Waals surface area (Å²) >= 11 is 1.20. The molecule has 1 fully saturated rings. The molecule has 1 N–H and O–H groups in total. The van der Waals surface area contributed by atoms with E-state index in [0.29, 0.717) is 23.2 Å². The van der Waals surface area contributed by atoms with E-state index >= 15 is 0 Å². The Kier molecular flexibility index (Phi) is 6.35. The molecule has 0 saturated heterocycles. The van der Waals surface area contributed by atoms with Gasteiger partial charge in [0.25, 0.3) is 0 Å². The molecule has 7 nitrogen and oxygen atoms in total. The molecule has 9 heteroatoms. The second kappa shape index (κ2) is 9.57. The molecule has 34 heavy (non-hydrogen) atoms. The van der Waals surface area contributed by atoms with Crippen molar-refractivity contribution in [3.63, 3.8) is 0 Å². The highest BCUT2D eigenvalue weighted by atomic mass is 32.2. The van der Waals surface area contributed by atoms with Crippen molar-refractivity contribution in [2.75, 3.05) is 6.54 Å². The van der Waals surface area contributed by atoms with Gasteiger partial charge in [-0.25, -0.2) is 13.9 Å². The van der Waals surface area contributed by atoms with Crippen LogP contribution in [-0.4, -0.2) is 37.0 Å². The summed E-state index contributed by atoms with van der Waals surface area (Å²) in [4.78, 5) is 4.90. The number of aromatic nitrogens is 5.